The molecule has 1 amide bonds. The molecule has 1 aromatic carbocycles. The lowest BCUT2D eigenvalue weighted by Gasteiger charge is -2.21. The van der Waals surface area contributed by atoms with Gasteiger partial charge in [0.15, 0.2) is 5.79 Å². The van der Waals surface area contributed by atoms with Crippen LogP contribution in [-0.4, -0.2) is 56.5 Å². The topological polar surface area (TPSA) is 114 Å². The summed E-state index contributed by atoms with van der Waals surface area (Å²) in [6.07, 6.45) is -1.02. The number of hydrogen-bond donors (Lipinski definition) is 3. The van der Waals surface area contributed by atoms with E-state index in [1.807, 2.05) is 24.3 Å². The summed E-state index contributed by atoms with van der Waals surface area (Å²) in [4.78, 5) is 11.1. The van der Waals surface area contributed by atoms with E-state index in [0.717, 1.165) is 11.1 Å². The first kappa shape index (κ1) is 19.1. The maximum absolute atomic E-state index is 12.6. The number of amides is 1. The zero-order valence-corrected chi connectivity index (χ0v) is 15.6. The molecule has 144 valence electrons. The van der Waals surface area contributed by atoms with Crippen molar-refractivity contribution in [2.45, 2.75) is 44.1 Å². The second-order valence-corrected chi connectivity index (χ2v) is 9.00. The van der Waals surface area contributed by atoms with Gasteiger partial charge in [-0.3, -0.25) is 0 Å². The predicted molar refractivity (Wildman–Crippen MR) is 94.5 cm³/mol. The molecule has 1 aliphatic heterocycles. The van der Waals surface area contributed by atoms with E-state index in [1.165, 1.54) is 0 Å². The number of benzene rings is 1. The van der Waals surface area contributed by atoms with Crippen LogP contribution in [0.1, 0.15) is 30.9 Å². The Morgan fingerprint density at radius 3 is 2.73 bits per heavy atom. The van der Waals surface area contributed by atoms with Crippen molar-refractivity contribution in [3.05, 3.63) is 35.4 Å². The maximum Gasteiger partial charge on any atom is 0.404 e. The van der Waals surface area contributed by atoms with Crippen molar-refractivity contribution < 1.29 is 27.8 Å². The van der Waals surface area contributed by atoms with Crippen LogP contribution in [0, 0.1) is 0 Å². The average molecular weight is 384 g/mol. The van der Waals surface area contributed by atoms with Gasteiger partial charge in [0.25, 0.3) is 0 Å². The SMILES string of the molecule is CC1(C)OCC(CNS(=O)(=O)C[C@@H]2c3ccccc3C[C@H]2NC(=O)O)O1. The molecule has 2 aliphatic rings. The highest BCUT2D eigenvalue weighted by molar-refractivity contribution is 7.89. The lowest BCUT2D eigenvalue weighted by molar-refractivity contribution is -0.137. The molecule has 0 bridgehead atoms. The predicted octanol–water partition coefficient (Wildman–Crippen LogP) is 1.03. The second kappa shape index (κ2) is 7.15. The largest absolute Gasteiger partial charge is 0.465 e. The van der Waals surface area contributed by atoms with E-state index >= 15 is 0 Å². The summed E-state index contributed by atoms with van der Waals surface area (Å²) in [5.74, 6) is -1.33. The fourth-order valence-electron chi connectivity index (χ4n) is 3.57. The number of carboxylic acid groups (broad SMARTS) is 1. The highest BCUT2D eigenvalue weighted by Crippen LogP contribution is 2.34. The van der Waals surface area contributed by atoms with E-state index in [-0.39, 0.29) is 18.4 Å². The van der Waals surface area contributed by atoms with Crippen molar-refractivity contribution in [1.29, 1.82) is 0 Å². The first-order valence-electron chi connectivity index (χ1n) is 8.51. The highest BCUT2D eigenvalue weighted by Gasteiger charge is 2.37. The van der Waals surface area contributed by atoms with Crippen molar-refractivity contribution in [1.82, 2.24) is 10.0 Å². The van der Waals surface area contributed by atoms with Gasteiger partial charge in [0.1, 0.15) is 0 Å². The van der Waals surface area contributed by atoms with E-state index in [9.17, 15) is 13.2 Å². The van der Waals surface area contributed by atoms with Gasteiger partial charge in [-0.15, -0.1) is 0 Å². The van der Waals surface area contributed by atoms with Crippen molar-refractivity contribution >= 4 is 16.1 Å². The van der Waals surface area contributed by atoms with E-state index in [0.29, 0.717) is 13.0 Å². The number of nitrogens with one attached hydrogen (secondary N) is 2. The zero-order chi connectivity index (χ0) is 18.9. The Morgan fingerprint density at radius 2 is 2.08 bits per heavy atom. The summed E-state index contributed by atoms with van der Waals surface area (Å²) in [7, 11) is -3.62. The van der Waals surface area contributed by atoms with Gasteiger partial charge < -0.3 is 19.9 Å². The summed E-state index contributed by atoms with van der Waals surface area (Å²) in [5, 5.41) is 11.5. The maximum atomic E-state index is 12.6. The second-order valence-electron chi connectivity index (χ2n) is 7.15. The molecule has 9 heteroatoms. The van der Waals surface area contributed by atoms with Gasteiger partial charge in [0.2, 0.25) is 10.0 Å². The van der Waals surface area contributed by atoms with Crippen LogP contribution in [0.3, 0.4) is 0 Å². The van der Waals surface area contributed by atoms with Gasteiger partial charge in [-0.1, -0.05) is 24.3 Å². The number of carbonyl (C=O) groups is 1. The third-order valence-electron chi connectivity index (χ3n) is 4.69. The number of rotatable bonds is 6. The standard InChI is InChI=1S/C17H24N2O6S/c1-17(2)24-9-12(25-17)8-18-26(22,23)10-14-13-6-4-3-5-11(13)7-15(14)19-16(20)21/h3-6,12,14-15,18-19H,7-10H2,1-2H3,(H,20,21)/t12?,14-,15-/m1/s1. The molecule has 0 radical (unpaired) electrons. The van der Waals surface area contributed by atoms with Gasteiger partial charge in [0, 0.05) is 18.5 Å². The Hall–Kier alpha value is -1.68. The molecule has 0 saturated carbocycles. The highest BCUT2D eigenvalue weighted by atomic mass is 32.2. The van der Waals surface area contributed by atoms with Crippen LogP contribution in [0.4, 0.5) is 4.79 Å². The molecular weight excluding hydrogens is 360 g/mol. The van der Waals surface area contributed by atoms with E-state index in [4.69, 9.17) is 14.6 Å². The van der Waals surface area contributed by atoms with Crippen LogP contribution in [0.5, 0.6) is 0 Å². The summed E-state index contributed by atoms with van der Waals surface area (Å²) in [6, 6.07) is 6.99. The quantitative estimate of drug-likeness (QED) is 0.675. The van der Waals surface area contributed by atoms with E-state index < -0.39 is 33.9 Å². The Bertz CT molecular complexity index is 779. The third kappa shape index (κ3) is 4.53. The first-order chi connectivity index (χ1) is 12.2. The fourth-order valence-corrected chi connectivity index (χ4v) is 5.02. The molecule has 1 fully saturated rings. The third-order valence-corrected chi connectivity index (χ3v) is 6.09. The van der Waals surface area contributed by atoms with Gasteiger partial charge >= 0.3 is 6.09 Å². The average Bonchev–Trinajstić information content (AvgIpc) is 3.05. The van der Waals surface area contributed by atoms with Crippen LogP contribution in [0.25, 0.3) is 0 Å². The molecule has 1 aromatic rings. The summed E-state index contributed by atoms with van der Waals surface area (Å²) >= 11 is 0. The Balaban J connectivity index is 1.67. The van der Waals surface area contributed by atoms with Gasteiger partial charge in [-0.25, -0.2) is 17.9 Å². The molecule has 1 aliphatic carbocycles. The number of sulfonamides is 1. The fraction of sp³-hybridized carbons (Fsp3) is 0.588. The normalized spacial score (nSPS) is 27.2. The van der Waals surface area contributed by atoms with E-state index in [2.05, 4.69) is 10.0 Å². The molecule has 26 heavy (non-hydrogen) atoms. The van der Waals surface area contributed by atoms with Crippen molar-refractivity contribution in [3.8, 4) is 0 Å². The van der Waals surface area contributed by atoms with Crippen LogP contribution >= 0.6 is 0 Å². The molecule has 0 spiro atoms. The molecule has 0 aromatic heterocycles. The Kier molecular flexibility index (Phi) is 5.25. The monoisotopic (exact) mass is 384 g/mol. The number of fused-ring (bicyclic) bond motifs is 1. The minimum absolute atomic E-state index is 0.122. The molecule has 8 nitrogen and oxygen atoms in total. The van der Waals surface area contributed by atoms with Crippen LogP contribution < -0.4 is 10.0 Å². The van der Waals surface area contributed by atoms with Crippen LogP contribution in [-0.2, 0) is 25.9 Å². The number of hydrogen-bond acceptors (Lipinski definition) is 5. The minimum Gasteiger partial charge on any atom is -0.465 e. The molecular formula is C17H24N2O6S. The van der Waals surface area contributed by atoms with Crippen LogP contribution in [0.2, 0.25) is 0 Å². The number of ether oxygens (including phenoxy) is 2. The Morgan fingerprint density at radius 1 is 1.35 bits per heavy atom. The molecule has 3 N–H and O–H groups in total. The van der Waals surface area contributed by atoms with Crippen LogP contribution in [0.15, 0.2) is 24.3 Å². The lowest BCUT2D eigenvalue weighted by atomic mass is 10.0. The van der Waals surface area contributed by atoms with Crippen molar-refractivity contribution in [2.24, 2.45) is 0 Å². The first-order valence-corrected chi connectivity index (χ1v) is 10.2. The zero-order valence-electron chi connectivity index (χ0n) is 14.8. The molecule has 3 atom stereocenters. The summed E-state index contributed by atoms with van der Waals surface area (Å²) in [5.41, 5.74) is 1.85. The lowest BCUT2D eigenvalue weighted by Crippen LogP contribution is -2.42. The minimum atomic E-state index is -3.62. The summed E-state index contributed by atoms with van der Waals surface area (Å²) < 4.78 is 38.7. The molecule has 1 unspecified atom stereocenters. The van der Waals surface area contributed by atoms with Gasteiger partial charge in [-0.2, -0.15) is 0 Å². The summed E-state index contributed by atoms with van der Waals surface area (Å²) in [6.45, 7) is 4.00. The van der Waals surface area contributed by atoms with E-state index in [1.54, 1.807) is 13.8 Å². The van der Waals surface area contributed by atoms with Crippen molar-refractivity contribution in [2.75, 3.05) is 18.9 Å². The van der Waals surface area contributed by atoms with Gasteiger partial charge in [0.05, 0.1) is 18.5 Å². The molecule has 1 heterocycles. The smallest absolute Gasteiger partial charge is 0.404 e. The Labute approximate surface area is 152 Å². The van der Waals surface area contributed by atoms with Crippen molar-refractivity contribution in [3.63, 3.8) is 0 Å². The molecule has 3 rings (SSSR count). The van der Waals surface area contributed by atoms with Gasteiger partial charge in [-0.05, 0) is 31.4 Å². The molecule has 1 saturated heterocycles.